The molecular weight excluding hydrogens is 427 g/mol. The zero-order valence-electron chi connectivity index (χ0n) is 17.5. The number of aromatic nitrogens is 3. The summed E-state index contributed by atoms with van der Waals surface area (Å²) in [5, 5.41) is 0.736. The van der Waals surface area contributed by atoms with Crippen molar-refractivity contribution < 1.29 is 13.6 Å². The van der Waals surface area contributed by atoms with Gasteiger partial charge in [0.15, 0.2) is 0 Å². The zero-order chi connectivity index (χ0) is 22.1. The van der Waals surface area contributed by atoms with Crippen molar-refractivity contribution in [3.05, 3.63) is 88.5 Å². The molecule has 0 bridgehead atoms. The lowest BCUT2D eigenvalue weighted by Crippen LogP contribution is -2.30. The van der Waals surface area contributed by atoms with E-state index in [1.54, 1.807) is 24.5 Å². The van der Waals surface area contributed by atoms with Gasteiger partial charge in [-0.2, -0.15) is 0 Å². The van der Waals surface area contributed by atoms with E-state index in [0.29, 0.717) is 35.2 Å². The molecule has 1 aliphatic rings. The molecule has 8 heteroatoms. The largest absolute Gasteiger partial charge is 0.443 e. The van der Waals surface area contributed by atoms with Gasteiger partial charge in [0, 0.05) is 19.2 Å². The number of thiazole rings is 1. The highest BCUT2D eigenvalue weighted by Gasteiger charge is 2.35. The van der Waals surface area contributed by atoms with Crippen LogP contribution in [-0.4, -0.2) is 32.3 Å². The van der Waals surface area contributed by atoms with E-state index in [1.807, 2.05) is 30.0 Å². The summed E-state index contributed by atoms with van der Waals surface area (Å²) in [4.78, 5) is 29.2. The molecule has 4 aromatic rings. The molecule has 0 N–H and O–H groups in total. The van der Waals surface area contributed by atoms with Crippen molar-refractivity contribution in [3.8, 4) is 10.7 Å². The Kier molecular flexibility index (Phi) is 5.53. The minimum absolute atomic E-state index is 0.0528. The second-order valence-electron chi connectivity index (χ2n) is 7.77. The van der Waals surface area contributed by atoms with Crippen molar-refractivity contribution in [1.82, 2.24) is 19.9 Å². The number of aryl methyl sites for hydroxylation is 1. The molecule has 0 aliphatic carbocycles. The lowest BCUT2D eigenvalue weighted by molar-refractivity contribution is 0.0718. The van der Waals surface area contributed by atoms with E-state index in [0.717, 1.165) is 29.1 Å². The number of nitrogens with zero attached hydrogens (tertiary/aromatic N) is 4. The van der Waals surface area contributed by atoms with E-state index in [-0.39, 0.29) is 17.8 Å². The normalized spacial score (nSPS) is 15.9. The van der Waals surface area contributed by atoms with Gasteiger partial charge >= 0.3 is 0 Å². The van der Waals surface area contributed by atoms with E-state index in [2.05, 4.69) is 15.0 Å². The van der Waals surface area contributed by atoms with E-state index in [4.69, 9.17) is 4.42 Å². The highest BCUT2D eigenvalue weighted by Crippen LogP contribution is 2.35. The number of rotatable bonds is 5. The average Bonchev–Trinajstić information content (AvgIpc) is 3.55. The Morgan fingerprint density at radius 3 is 2.84 bits per heavy atom. The molecule has 4 heterocycles. The molecule has 6 nitrogen and oxygen atoms in total. The van der Waals surface area contributed by atoms with Gasteiger partial charge < -0.3 is 9.32 Å². The summed E-state index contributed by atoms with van der Waals surface area (Å²) in [5.41, 5.74) is 2.40. The Labute approximate surface area is 188 Å². The van der Waals surface area contributed by atoms with Crippen LogP contribution in [0.5, 0.6) is 0 Å². The van der Waals surface area contributed by atoms with Crippen LogP contribution in [0.15, 0.2) is 59.3 Å². The predicted octanol–water partition coefficient (Wildman–Crippen LogP) is 5.21. The standard InChI is InChI=1S/C24H21FN4O2S/c1-15-21(32-23(28-15)19-5-2-3-11-26-19)24(30)29-12-4-6-20(29)22-27-14-18(31-22)13-16-7-9-17(25)10-8-16/h2-3,5,7-11,14,20H,4,6,12-13H2,1H3/t20-/m1/s1. The third-order valence-electron chi connectivity index (χ3n) is 5.54. The number of carbonyl (C=O) groups is 1. The molecule has 3 aromatic heterocycles. The van der Waals surface area contributed by atoms with Gasteiger partial charge in [-0.1, -0.05) is 18.2 Å². The quantitative estimate of drug-likeness (QED) is 0.419. The van der Waals surface area contributed by atoms with Crippen molar-refractivity contribution in [3.63, 3.8) is 0 Å². The molecule has 0 unspecified atom stereocenters. The monoisotopic (exact) mass is 448 g/mol. The molecule has 1 fully saturated rings. The first kappa shape index (κ1) is 20.5. The third-order valence-corrected chi connectivity index (χ3v) is 6.70. The number of oxazole rings is 1. The molecule has 1 aromatic carbocycles. The average molecular weight is 449 g/mol. The van der Waals surface area contributed by atoms with Gasteiger partial charge in [-0.3, -0.25) is 9.78 Å². The number of pyridine rings is 1. The molecule has 1 aliphatic heterocycles. The van der Waals surface area contributed by atoms with E-state index >= 15 is 0 Å². The Balaban J connectivity index is 1.35. The molecule has 1 saturated heterocycles. The summed E-state index contributed by atoms with van der Waals surface area (Å²) in [6.45, 7) is 2.50. The fraction of sp³-hybridized carbons (Fsp3) is 0.250. The van der Waals surface area contributed by atoms with Crippen molar-refractivity contribution in [1.29, 1.82) is 0 Å². The Bertz CT molecular complexity index is 1240. The number of halogens is 1. The van der Waals surface area contributed by atoms with Crippen molar-refractivity contribution >= 4 is 17.2 Å². The highest BCUT2D eigenvalue weighted by atomic mass is 32.1. The Hall–Kier alpha value is -3.39. The predicted molar refractivity (Wildman–Crippen MR) is 119 cm³/mol. The Morgan fingerprint density at radius 2 is 2.06 bits per heavy atom. The maximum absolute atomic E-state index is 13.4. The number of carbonyl (C=O) groups excluding carboxylic acids is 1. The summed E-state index contributed by atoms with van der Waals surface area (Å²) in [6, 6.07) is 11.8. The minimum Gasteiger partial charge on any atom is -0.443 e. The van der Waals surface area contributed by atoms with Gasteiger partial charge in [-0.05, 0) is 49.6 Å². The van der Waals surface area contributed by atoms with Gasteiger partial charge in [0.2, 0.25) is 5.89 Å². The number of likely N-dealkylation sites (tertiary alicyclic amines) is 1. The first-order chi connectivity index (χ1) is 15.6. The molecule has 162 valence electrons. The van der Waals surface area contributed by atoms with Gasteiger partial charge in [0.05, 0.1) is 17.6 Å². The van der Waals surface area contributed by atoms with Gasteiger partial charge in [0.1, 0.15) is 27.5 Å². The summed E-state index contributed by atoms with van der Waals surface area (Å²) >= 11 is 1.37. The fourth-order valence-corrected chi connectivity index (χ4v) is 4.95. The lowest BCUT2D eigenvalue weighted by Gasteiger charge is -2.21. The molecule has 0 radical (unpaired) electrons. The first-order valence-electron chi connectivity index (χ1n) is 10.5. The summed E-state index contributed by atoms with van der Waals surface area (Å²) < 4.78 is 19.1. The smallest absolute Gasteiger partial charge is 0.266 e. The number of benzene rings is 1. The van der Waals surface area contributed by atoms with Crippen molar-refractivity contribution in [2.75, 3.05) is 6.54 Å². The third kappa shape index (κ3) is 4.05. The second kappa shape index (κ2) is 8.63. The SMILES string of the molecule is Cc1nc(-c2ccccn2)sc1C(=O)N1CCC[C@@H]1c1ncc(Cc2ccc(F)cc2)o1. The van der Waals surface area contributed by atoms with Crippen LogP contribution in [-0.2, 0) is 6.42 Å². The van der Waals surface area contributed by atoms with Crippen molar-refractivity contribution in [2.45, 2.75) is 32.2 Å². The van der Waals surface area contributed by atoms with Crippen LogP contribution < -0.4 is 0 Å². The maximum Gasteiger partial charge on any atom is 0.266 e. The Morgan fingerprint density at radius 1 is 1.22 bits per heavy atom. The number of hydrogen-bond acceptors (Lipinski definition) is 6. The van der Waals surface area contributed by atoms with Crippen LogP contribution in [0.4, 0.5) is 4.39 Å². The molecule has 1 amide bonds. The summed E-state index contributed by atoms with van der Waals surface area (Å²) in [6.07, 6.45) is 5.62. The molecule has 32 heavy (non-hydrogen) atoms. The first-order valence-corrected chi connectivity index (χ1v) is 11.3. The van der Waals surface area contributed by atoms with Crippen LogP contribution in [0.2, 0.25) is 0 Å². The van der Waals surface area contributed by atoms with Crippen LogP contribution >= 0.6 is 11.3 Å². The van der Waals surface area contributed by atoms with Gasteiger partial charge in [-0.25, -0.2) is 14.4 Å². The summed E-state index contributed by atoms with van der Waals surface area (Å²) in [7, 11) is 0. The van der Waals surface area contributed by atoms with E-state index in [9.17, 15) is 9.18 Å². The zero-order valence-corrected chi connectivity index (χ0v) is 18.3. The molecule has 1 atom stereocenters. The fourth-order valence-electron chi connectivity index (χ4n) is 3.95. The topological polar surface area (TPSA) is 72.1 Å². The van der Waals surface area contributed by atoms with Crippen LogP contribution in [0.25, 0.3) is 10.7 Å². The number of amides is 1. The second-order valence-corrected chi connectivity index (χ2v) is 8.77. The van der Waals surface area contributed by atoms with Crippen LogP contribution in [0, 0.1) is 12.7 Å². The van der Waals surface area contributed by atoms with Crippen LogP contribution in [0.1, 0.15) is 51.5 Å². The van der Waals surface area contributed by atoms with E-state index in [1.165, 1.54) is 23.5 Å². The molecule has 5 rings (SSSR count). The van der Waals surface area contributed by atoms with Gasteiger partial charge in [-0.15, -0.1) is 11.3 Å². The van der Waals surface area contributed by atoms with Crippen LogP contribution in [0.3, 0.4) is 0 Å². The molecule has 0 saturated carbocycles. The van der Waals surface area contributed by atoms with Gasteiger partial charge in [0.25, 0.3) is 5.91 Å². The van der Waals surface area contributed by atoms with Crippen molar-refractivity contribution in [2.24, 2.45) is 0 Å². The maximum atomic E-state index is 13.4. The molecular formula is C24H21FN4O2S. The molecule has 0 spiro atoms. The summed E-state index contributed by atoms with van der Waals surface area (Å²) in [5.74, 6) is 0.914. The van der Waals surface area contributed by atoms with E-state index < -0.39 is 0 Å². The highest BCUT2D eigenvalue weighted by molar-refractivity contribution is 7.17. The lowest BCUT2D eigenvalue weighted by atomic mass is 10.1. The number of hydrogen-bond donors (Lipinski definition) is 0. The minimum atomic E-state index is -0.267.